The van der Waals surface area contributed by atoms with E-state index in [-0.39, 0.29) is 28.1 Å². The number of anilines is 1. The van der Waals surface area contributed by atoms with Crippen molar-refractivity contribution in [2.24, 2.45) is 0 Å². The van der Waals surface area contributed by atoms with Gasteiger partial charge in [-0.15, -0.1) is 5.06 Å². The van der Waals surface area contributed by atoms with Crippen molar-refractivity contribution in [3.8, 4) is 0 Å². The standard InChI is InChI=1S/C30H30N6O7/c1-2-3-5-9-17-12-8-13-19-21(17)29(41)36(28(19)40)43-24-20(14-37)42-30(23(24)38)35-16-33-22-25(31-15-32-26(22)35)34-27(39)18-10-6-4-7-11-18/h4,6-8,10-13,15-16,20,23-24,30,37-38H,2-3,5,9,14H2,1H3,(H,31,32,34,39)/t20-,23-,24-,30-/m1/s1. The molecule has 3 N–H and O–H groups in total. The van der Waals surface area contributed by atoms with Crippen molar-refractivity contribution < 1.29 is 34.2 Å². The van der Waals surface area contributed by atoms with E-state index in [9.17, 15) is 24.6 Å². The normalized spacial score (nSPS) is 21.5. The van der Waals surface area contributed by atoms with Gasteiger partial charge in [0, 0.05) is 5.56 Å². The van der Waals surface area contributed by atoms with Crippen molar-refractivity contribution in [3.05, 3.63) is 83.4 Å². The second-order valence-electron chi connectivity index (χ2n) is 10.4. The van der Waals surface area contributed by atoms with E-state index in [0.29, 0.717) is 17.0 Å². The van der Waals surface area contributed by atoms with Crippen LogP contribution >= 0.6 is 0 Å². The van der Waals surface area contributed by atoms with Crippen LogP contribution in [0, 0.1) is 0 Å². The van der Waals surface area contributed by atoms with Crippen LogP contribution in [0.15, 0.2) is 61.2 Å². The van der Waals surface area contributed by atoms with E-state index < -0.39 is 48.9 Å². The Bertz CT molecular complexity index is 1680. The molecule has 0 saturated carbocycles. The highest BCUT2D eigenvalue weighted by Crippen LogP contribution is 2.36. The molecule has 2 aliphatic heterocycles. The zero-order valence-electron chi connectivity index (χ0n) is 23.3. The summed E-state index contributed by atoms with van der Waals surface area (Å²) in [5.41, 5.74) is 2.18. The highest BCUT2D eigenvalue weighted by molar-refractivity contribution is 6.21. The topological polar surface area (TPSA) is 169 Å². The number of nitrogens with zero attached hydrogens (tertiary/aromatic N) is 5. The minimum absolute atomic E-state index is 0.150. The molecule has 222 valence electrons. The number of hydrogen-bond donors (Lipinski definition) is 3. The van der Waals surface area contributed by atoms with Crippen molar-refractivity contribution in [1.29, 1.82) is 0 Å². The number of aliphatic hydroxyl groups is 2. The molecular formula is C30H30N6O7. The fourth-order valence-electron chi connectivity index (χ4n) is 5.45. The summed E-state index contributed by atoms with van der Waals surface area (Å²) in [6, 6.07) is 13.7. The summed E-state index contributed by atoms with van der Waals surface area (Å²) in [5, 5.41) is 24.8. The molecule has 0 aliphatic carbocycles. The first-order valence-corrected chi connectivity index (χ1v) is 14.1. The van der Waals surface area contributed by atoms with Crippen molar-refractivity contribution in [2.75, 3.05) is 11.9 Å². The molecule has 2 aliphatic rings. The molecule has 13 heteroatoms. The van der Waals surface area contributed by atoms with E-state index in [4.69, 9.17) is 9.57 Å². The molecule has 0 radical (unpaired) electrons. The van der Waals surface area contributed by atoms with E-state index in [0.717, 1.165) is 24.8 Å². The summed E-state index contributed by atoms with van der Waals surface area (Å²) in [5.74, 6) is -1.52. The zero-order chi connectivity index (χ0) is 30.1. The number of carbonyl (C=O) groups excluding carboxylic acids is 3. The van der Waals surface area contributed by atoms with Crippen LogP contribution in [-0.4, -0.2) is 77.4 Å². The minimum Gasteiger partial charge on any atom is -0.394 e. The summed E-state index contributed by atoms with van der Waals surface area (Å²) < 4.78 is 7.34. The Kier molecular flexibility index (Phi) is 7.95. The number of rotatable bonds is 10. The number of amides is 3. The largest absolute Gasteiger partial charge is 0.394 e. The number of nitrogens with one attached hydrogen (secondary N) is 1. The number of benzene rings is 2. The monoisotopic (exact) mass is 586 g/mol. The van der Waals surface area contributed by atoms with E-state index >= 15 is 0 Å². The van der Waals surface area contributed by atoms with Gasteiger partial charge in [0.15, 0.2) is 23.2 Å². The number of aliphatic hydroxyl groups excluding tert-OH is 2. The van der Waals surface area contributed by atoms with Gasteiger partial charge in [-0.3, -0.25) is 23.8 Å². The summed E-state index contributed by atoms with van der Waals surface area (Å²) in [6.45, 7) is 1.52. The molecule has 4 heterocycles. The van der Waals surface area contributed by atoms with Crippen LogP contribution in [0.5, 0.6) is 0 Å². The number of hydroxylamine groups is 2. The number of aryl methyl sites for hydroxylation is 1. The summed E-state index contributed by atoms with van der Waals surface area (Å²) in [7, 11) is 0. The van der Waals surface area contributed by atoms with Gasteiger partial charge >= 0.3 is 0 Å². The van der Waals surface area contributed by atoms with Crippen molar-refractivity contribution in [1.82, 2.24) is 24.6 Å². The van der Waals surface area contributed by atoms with Crippen molar-refractivity contribution in [2.45, 2.75) is 57.1 Å². The number of carbonyl (C=O) groups is 3. The molecule has 3 amide bonds. The number of fused-ring (bicyclic) bond motifs is 2. The van der Waals surface area contributed by atoms with Gasteiger partial charge in [-0.2, -0.15) is 0 Å². The Balaban J connectivity index is 1.23. The van der Waals surface area contributed by atoms with Crippen LogP contribution < -0.4 is 5.32 Å². The molecule has 1 fully saturated rings. The molecule has 4 aromatic rings. The van der Waals surface area contributed by atoms with Gasteiger partial charge in [-0.05, 0) is 36.6 Å². The zero-order valence-corrected chi connectivity index (χ0v) is 23.3. The lowest BCUT2D eigenvalue weighted by atomic mass is 9.98. The minimum atomic E-state index is -1.44. The molecule has 43 heavy (non-hydrogen) atoms. The Labute approximate surface area is 246 Å². The van der Waals surface area contributed by atoms with Crippen LogP contribution in [0.4, 0.5) is 5.82 Å². The quantitative estimate of drug-likeness (QED) is 0.186. The van der Waals surface area contributed by atoms with Gasteiger partial charge in [0.05, 0.1) is 24.1 Å². The highest BCUT2D eigenvalue weighted by atomic mass is 16.7. The van der Waals surface area contributed by atoms with E-state index in [2.05, 4.69) is 27.2 Å². The first-order valence-electron chi connectivity index (χ1n) is 14.1. The van der Waals surface area contributed by atoms with Gasteiger partial charge in [0.2, 0.25) is 0 Å². The fourth-order valence-corrected chi connectivity index (χ4v) is 5.45. The fraction of sp³-hybridized carbons (Fsp3) is 0.333. The van der Waals surface area contributed by atoms with Gasteiger partial charge in [0.25, 0.3) is 17.7 Å². The molecule has 2 aromatic heterocycles. The molecule has 6 rings (SSSR count). The van der Waals surface area contributed by atoms with Crippen LogP contribution in [-0.2, 0) is 16.0 Å². The lowest BCUT2D eigenvalue weighted by Crippen LogP contribution is -2.44. The SMILES string of the molecule is CCCCCc1cccc2c1C(=O)N(O[C@H]1[C@@H](O)[C@H](n3cnc4c(NC(=O)c5ccccc5)ncnc43)O[C@@H]1CO)C2=O. The Hall–Kier alpha value is -4.56. The van der Waals surface area contributed by atoms with Crippen LogP contribution in [0.25, 0.3) is 11.2 Å². The smallest absolute Gasteiger partial charge is 0.286 e. The van der Waals surface area contributed by atoms with E-state index in [1.807, 2.05) is 6.07 Å². The van der Waals surface area contributed by atoms with Gasteiger partial charge in [0.1, 0.15) is 24.6 Å². The Morgan fingerprint density at radius 3 is 2.63 bits per heavy atom. The Morgan fingerprint density at radius 2 is 1.86 bits per heavy atom. The number of unbranched alkanes of at least 4 members (excludes halogenated alkanes) is 2. The van der Waals surface area contributed by atoms with Gasteiger partial charge in [-0.25, -0.2) is 15.0 Å². The average molecular weight is 587 g/mol. The highest BCUT2D eigenvalue weighted by Gasteiger charge is 2.50. The number of imide groups is 1. The van der Waals surface area contributed by atoms with Crippen molar-refractivity contribution >= 4 is 34.7 Å². The average Bonchev–Trinajstić information content (AvgIpc) is 3.67. The third kappa shape index (κ3) is 5.16. The molecule has 4 atom stereocenters. The molecule has 0 spiro atoms. The number of imidazole rings is 1. The lowest BCUT2D eigenvalue weighted by Gasteiger charge is -2.23. The molecule has 1 saturated heterocycles. The van der Waals surface area contributed by atoms with Crippen LogP contribution in [0.3, 0.4) is 0 Å². The third-order valence-corrected chi connectivity index (χ3v) is 7.63. The first kappa shape index (κ1) is 28.6. The maximum atomic E-state index is 13.4. The number of hydrogen-bond acceptors (Lipinski definition) is 10. The third-order valence-electron chi connectivity index (χ3n) is 7.63. The summed E-state index contributed by atoms with van der Waals surface area (Å²) in [4.78, 5) is 57.9. The number of ether oxygens (including phenoxy) is 1. The number of aromatic nitrogens is 4. The second-order valence-corrected chi connectivity index (χ2v) is 10.4. The maximum absolute atomic E-state index is 13.4. The predicted molar refractivity (Wildman–Crippen MR) is 152 cm³/mol. The first-order chi connectivity index (χ1) is 20.9. The van der Waals surface area contributed by atoms with Gasteiger partial charge < -0.3 is 20.3 Å². The van der Waals surface area contributed by atoms with E-state index in [1.165, 1.54) is 17.2 Å². The molecule has 0 bridgehead atoms. The molecule has 2 aromatic carbocycles. The van der Waals surface area contributed by atoms with Crippen molar-refractivity contribution in [3.63, 3.8) is 0 Å². The van der Waals surface area contributed by atoms with Gasteiger partial charge in [-0.1, -0.05) is 50.1 Å². The second kappa shape index (κ2) is 12.0. The molecular weight excluding hydrogens is 556 g/mol. The van der Waals surface area contributed by atoms with Crippen LogP contribution in [0.2, 0.25) is 0 Å². The molecule has 13 nitrogen and oxygen atoms in total. The molecule has 0 unspecified atom stereocenters. The maximum Gasteiger partial charge on any atom is 0.286 e. The Morgan fingerprint density at radius 1 is 1.05 bits per heavy atom. The van der Waals surface area contributed by atoms with Crippen LogP contribution in [0.1, 0.15) is 69.1 Å². The summed E-state index contributed by atoms with van der Waals surface area (Å²) >= 11 is 0. The van der Waals surface area contributed by atoms with E-state index in [1.54, 1.807) is 42.5 Å². The summed E-state index contributed by atoms with van der Waals surface area (Å²) in [6.07, 6.45) is 1.14. The lowest BCUT2D eigenvalue weighted by molar-refractivity contribution is -0.170. The predicted octanol–water partition coefficient (Wildman–Crippen LogP) is 2.66.